The number of carbonyl (C=O) groups excluding carboxylic acids is 1. The average molecular weight is 263 g/mol. The molecule has 0 radical (unpaired) electrons. The predicted molar refractivity (Wildman–Crippen MR) is 65.1 cm³/mol. The van der Waals surface area contributed by atoms with Gasteiger partial charge in [0.25, 0.3) is 0 Å². The summed E-state index contributed by atoms with van der Waals surface area (Å²) in [7, 11) is 0. The Morgan fingerprint density at radius 1 is 1.67 bits per heavy atom. The second kappa shape index (κ2) is 5.34. The minimum Gasteiger partial charge on any atom is -0.369 e. The number of halogens is 1. The van der Waals surface area contributed by atoms with Gasteiger partial charge in [0.1, 0.15) is 6.10 Å². The molecule has 5 heteroatoms. The van der Waals surface area contributed by atoms with Crippen molar-refractivity contribution < 1.29 is 9.53 Å². The third-order valence-corrected chi connectivity index (χ3v) is 4.58. The first kappa shape index (κ1) is 11.5. The number of thioether (sulfide) groups is 1. The number of Topliss-reactive ketones (excluding diaryl/α,β-unsaturated/α-hetero) is 1. The molecule has 0 spiro atoms. The van der Waals surface area contributed by atoms with Gasteiger partial charge in [0.05, 0.1) is 11.6 Å². The molecule has 1 fully saturated rings. The van der Waals surface area contributed by atoms with E-state index in [1.165, 1.54) is 11.3 Å². The Morgan fingerprint density at radius 2 is 2.53 bits per heavy atom. The maximum absolute atomic E-state index is 11.8. The molecule has 1 saturated heterocycles. The van der Waals surface area contributed by atoms with E-state index < -0.39 is 0 Å². The molecule has 0 amide bonds. The number of hydrogen-bond acceptors (Lipinski definition) is 4. The smallest absolute Gasteiger partial charge is 0.167 e. The highest BCUT2D eigenvalue weighted by Gasteiger charge is 2.23. The van der Waals surface area contributed by atoms with Gasteiger partial charge in [-0.05, 0) is 11.4 Å². The maximum Gasteiger partial charge on any atom is 0.167 e. The van der Waals surface area contributed by atoms with Gasteiger partial charge in [0.15, 0.2) is 5.78 Å². The second-order valence-corrected chi connectivity index (χ2v) is 5.83. The summed E-state index contributed by atoms with van der Waals surface area (Å²) in [5, 5.41) is 2.60. The number of ketones is 1. The minimum absolute atomic E-state index is 0.145. The summed E-state index contributed by atoms with van der Waals surface area (Å²) >= 11 is 9.23. The quantitative estimate of drug-likeness (QED) is 0.838. The van der Waals surface area contributed by atoms with Gasteiger partial charge in [0.2, 0.25) is 0 Å². The SMILES string of the molecule is O=C(Cc1sccc1Cl)C1CSCCO1. The van der Waals surface area contributed by atoms with Gasteiger partial charge in [-0.2, -0.15) is 11.8 Å². The molecule has 1 aliphatic heterocycles. The topological polar surface area (TPSA) is 26.3 Å². The van der Waals surface area contributed by atoms with Gasteiger partial charge in [0, 0.05) is 22.8 Å². The number of thiophene rings is 1. The van der Waals surface area contributed by atoms with Gasteiger partial charge in [-0.15, -0.1) is 11.3 Å². The first-order valence-electron chi connectivity index (χ1n) is 4.71. The molecule has 0 saturated carbocycles. The van der Waals surface area contributed by atoms with E-state index in [0.717, 1.165) is 16.4 Å². The standard InChI is InChI=1S/C10H11ClO2S2/c11-7-1-3-15-10(7)5-8(12)9-6-14-4-2-13-9/h1,3,9H,2,4-6H2. The van der Waals surface area contributed by atoms with Gasteiger partial charge in [-0.3, -0.25) is 4.79 Å². The largest absolute Gasteiger partial charge is 0.369 e. The molecule has 2 rings (SSSR count). The van der Waals surface area contributed by atoms with E-state index in [2.05, 4.69) is 0 Å². The summed E-state index contributed by atoms with van der Waals surface area (Å²) in [6.07, 6.45) is 0.170. The highest BCUT2D eigenvalue weighted by Crippen LogP contribution is 2.24. The van der Waals surface area contributed by atoms with E-state index in [1.807, 2.05) is 11.4 Å². The predicted octanol–water partition coefficient (Wildman–Crippen LogP) is 2.65. The zero-order chi connectivity index (χ0) is 10.7. The average Bonchev–Trinajstić information content (AvgIpc) is 2.66. The Hall–Kier alpha value is -0.0300. The molecule has 15 heavy (non-hydrogen) atoms. The first-order chi connectivity index (χ1) is 7.27. The fourth-order valence-corrected chi connectivity index (χ4v) is 3.39. The molecule has 2 nitrogen and oxygen atoms in total. The Labute approximate surface area is 102 Å². The van der Waals surface area contributed by atoms with Crippen molar-refractivity contribution in [2.24, 2.45) is 0 Å². The van der Waals surface area contributed by atoms with Crippen molar-refractivity contribution in [3.05, 3.63) is 21.3 Å². The van der Waals surface area contributed by atoms with E-state index in [4.69, 9.17) is 16.3 Å². The van der Waals surface area contributed by atoms with Crippen LogP contribution in [0.15, 0.2) is 11.4 Å². The highest BCUT2D eigenvalue weighted by molar-refractivity contribution is 7.99. The van der Waals surface area contributed by atoms with E-state index >= 15 is 0 Å². The normalized spacial score (nSPS) is 21.5. The van der Waals surface area contributed by atoms with Gasteiger partial charge in [-0.25, -0.2) is 0 Å². The molecule has 1 unspecified atom stereocenters. The lowest BCUT2D eigenvalue weighted by atomic mass is 10.1. The molecule has 1 aliphatic rings. The first-order valence-corrected chi connectivity index (χ1v) is 7.12. The monoisotopic (exact) mass is 262 g/mol. The van der Waals surface area contributed by atoms with Crippen LogP contribution in [0.25, 0.3) is 0 Å². The molecule has 0 N–H and O–H groups in total. The zero-order valence-corrected chi connectivity index (χ0v) is 10.5. The van der Waals surface area contributed by atoms with E-state index in [1.54, 1.807) is 11.8 Å². The van der Waals surface area contributed by atoms with Gasteiger partial charge >= 0.3 is 0 Å². The minimum atomic E-state index is -0.234. The van der Waals surface area contributed by atoms with Gasteiger partial charge in [-0.1, -0.05) is 11.6 Å². The summed E-state index contributed by atoms with van der Waals surface area (Å²) in [6, 6.07) is 1.82. The third kappa shape index (κ3) is 2.97. The lowest BCUT2D eigenvalue weighted by molar-refractivity contribution is -0.128. The van der Waals surface area contributed by atoms with Crippen molar-refractivity contribution in [1.82, 2.24) is 0 Å². The Bertz CT molecular complexity index is 345. The van der Waals surface area contributed by atoms with E-state index in [-0.39, 0.29) is 11.9 Å². The summed E-state index contributed by atoms with van der Waals surface area (Å²) in [6.45, 7) is 0.680. The zero-order valence-electron chi connectivity index (χ0n) is 8.07. The Balaban J connectivity index is 1.94. The summed E-state index contributed by atoms with van der Waals surface area (Å²) in [5.41, 5.74) is 0. The Morgan fingerprint density at radius 3 is 3.13 bits per heavy atom. The van der Waals surface area contributed by atoms with Crippen molar-refractivity contribution >= 4 is 40.5 Å². The number of rotatable bonds is 3. The molecule has 0 aromatic carbocycles. The van der Waals surface area contributed by atoms with E-state index in [0.29, 0.717) is 18.1 Å². The Kier molecular flexibility index (Phi) is 4.08. The fraction of sp³-hybridized carbons (Fsp3) is 0.500. The molecule has 1 aromatic heterocycles. The lowest BCUT2D eigenvalue weighted by Crippen LogP contribution is -2.32. The van der Waals surface area contributed by atoms with Crippen LogP contribution in [0.2, 0.25) is 5.02 Å². The molecule has 2 heterocycles. The summed E-state index contributed by atoms with van der Waals surface area (Å²) in [5.74, 6) is 1.91. The van der Waals surface area contributed by atoms with Crippen LogP contribution in [0, 0.1) is 0 Å². The summed E-state index contributed by atoms with van der Waals surface area (Å²) < 4.78 is 5.42. The fourth-order valence-electron chi connectivity index (χ4n) is 1.40. The third-order valence-electron chi connectivity index (χ3n) is 2.20. The number of ether oxygens (including phenoxy) is 1. The van der Waals surface area contributed by atoms with Crippen molar-refractivity contribution in [3.8, 4) is 0 Å². The lowest BCUT2D eigenvalue weighted by Gasteiger charge is -2.20. The van der Waals surface area contributed by atoms with Crippen LogP contribution < -0.4 is 0 Å². The molecule has 0 aliphatic carbocycles. The molecule has 82 valence electrons. The van der Waals surface area contributed by atoms with Crippen molar-refractivity contribution in [1.29, 1.82) is 0 Å². The van der Waals surface area contributed by atoms with Crippen LogP contribution in [0.4, 0.5) is 0 Å². The summed E-state index contributed by atoms with van der Waals surface area (Å²) in [4.78, 5) is 12.8. The van der Waals surface area contributed by atoms with Crippen LogP contribution in [0.5, 0.6) is 0 Å². The van der Waals surface area contributed by atoms with Gasteiger partial charge < -0.3 is 4.74 Å². The second-order valence-electron chi connectivity index (χ2n) is 3.27. The molecular formula is C10H11ClO2S2. The molecule has 1 aromatic rings. The number of hydrogen-bond donors (Lipinski definition) is 0. The number of carbonyl (C=O) groups is 1. The van der Waals surface area contributed by atoms with Crippen molar-refractivity contribution in [2.45, 2.75) is 12.5 Å². The van der Waals surface area contributed by atoms with Crippen molar-refractivity contribution in [2.75, 3.05) is 18.1 Å². The molecule has 1 atom stereocenters. The highest BCUT2D eigenvalue weighted by atomic mass is 35.5. The van der Waals surface area contributed by atoms with Crippen LogP contribution >= 0.6 is 34.7 Å². The van der Waals surface area contributed by atoms with Crippen molar-refractivity contribution in [3.63, 3.8) is 0 Å². The molecule has 0 bridgehead atoms. The van der Waals surface area contributed by atoms with Crippen LogP contribution in [-0.2, 0) is 16.0 Å². The van der Waals surface area contributed by atoms with Crippen LogP contribution in [0.3, 0.4) is 0 Å². The molecular weight excluding hydrogens is 252 g/mol. The maximum atomic E-state index is 11.8. The van der Waals surface area contributed by atoms with Crippen LogP contribution in [-0.4, -0.2) is 30.0 Å². The van der Waals surface area contributed by atoms with Crippen LogP contribution in [0.1, 0.15) is 4.88 Å². The van der Waals surface area contributed by atoms with E-state index in [9.17, 15) is 4.79 Å².